The first-order valence-electron chi connectivity index (χ1n) is 4.09. The minimum atomic E-state index is 0.232. The second-order valence-corrected chi connectivity index (χ2v) is 3.96. The molecule has 3 heteroatoms. The second kappa shape index (κ2) is 2.99. The van der Waals surface area contributed by atoms with E-state index in [1.807, 2.05) is 5.38 Å². The van der Waals surface area contributed by atoms with Crippen LogP contribution in [-0.2, 0) is 6.42 Å². The van der Waals surface area contributed by atoms with Crippen LogP contribution < -0.4 is 5.32 Å². The van der Waals surface area contributed by atoms with E-state index >= 15 is 0 Å². The zero-order valence-corrected chi connectivity index (χ0v) is 7.78. The van der Waals surface area contributed by atoms with Gasteiger partial charge in [0.05, 0.1) is 6.54 Å². The Labute approximate surface area is 75.6 Å². The van der Waals surface area contributed by atoms with Crippen molar-refractivity contribution in [2.24, 2.45) is 0 Å². The Morgan fingerprint density at radius 3 is 3.25 bits per heavy atom. The molecule has 64 valence electrons. The van der Waals surface area contributed by atoms with Gasteiger partial charge < -0.3 is 5.32 Å². The van der Waals surface area contributed by atoms with E-state index in [0.29, 0.717) is 12.6 Å². The standard InChI is InChI=1S/C9H11NOS/c1-6-2-7-4-12-5-8(7)9(11)3-10-6/h4-6,10H,2-3H2,1H3. The first kappa shape index (κ1) is 7.95. The molecule has 1 atom stereocenters. The highest BCUT2D eigenvalue weighted by molar-refractivity contribution is 7.08. The number of thiophene rings is 1. The highest BCUT2D eigenvalue weighted by Crippen LogP contribution is 2.19. The van der Waals surface area contributed by atoms with Gasteiger partial charge in [-0.1, -0.05) is 0 Å². The predicted octanol–water partition coefficient (Wildman–Crippen LogP) is 1.46. The Balaban J connectivity index is 2.38. The Hall–Kier alpha value is -0.670. The third kappa shape index (κ3) is 1.30. The monoisotopic (exact) mass is 181 g/mol. The molecule has 0 bridgehead atoms. The quantitative estimate of drug-likeness (QED) is 0.656. The number of ketones is 1. The number of carbonyl (C=O) groups excluding carboxylic acids is 1. The van der Waals surface area contributed by atoms with E-state index in [-0.39, 0.29) is 5.78 Å². The molecule has 0 saturated carbocycles. The number of rotatable bonds is 0. The fraction of sp³-hybridized carbons (Fsp3) is 0.444. The molecule has 1 aromatic rings. The van der Waals surface area contributed by atoms with Crippen LogP contribution in [0.3, 0.4) is 0 Å². The topological polar surface area (TPSA) is 29.1 Å². The van der Waals surface area contributed by atoms with Crippen molar-refractivity contribution in [1.82, 2.24) is 5.32 Å². The lowest BCUT2D eigenvalue weighted by atomic mass is 10.1. The van der Waals surface area contributed by atoms with E-state index in [4.69, 9.17) is 0 Å². The van der Waals surface area contributed by atoms with Gasteiger partial charge in [-0.25, -0.2) is 0 Å². The zero-order valence-electron chi connectivity index (χ0n) is 6.96. The van der Waals surface area contributed by atoms with Crippen molar-refractivity contribution in [3.8, 4) is 0 Å². The molecule has 0 spiro atoms. The molecule has 1 N–H and O–H groups in total. The Morgan fingerprint density at radius 2 is 2.42 bits per heavy atom. The number of fused-ring (bicyclic) bond motifs is 1. The van der Waals surface area contributed by atoms with E-state index in [2.05, 4.69) is 17.6 Å². The van der Waals surface area contributed by atoms with Gasteiger partial charge in [-0.15, -0.1) is 0 Å². The molecular formula is C9H11NOS. The van der Waals surface area contributed by atoms with Gasteiger partial charge in [-0.05, 0) is 24.3 Å². The van der Waals surface area contributed by atoms with Gasteiger partial charge in [0.15, 0.2) is 5.78 Å². The maximum atomic E-state index is 11.5. The van der Waals surface area contributed by atoms with Gasteiger partial charge in [-0.3, -0.25) is 4.79 Å². The average Bonchev–Trinajstić information content (AvgIpc) is 2.44. The van der Waals surface area contributed by atoms with Crippen molar-refractivity contribution in [2.45, 2.75) is 19.4 Å². The summed E-state index contributed by atoms with van der Waals surface area (Å²) in [7, 11) is 0. The van der Waals surface area contributed by atoms with E-state index < -0.39 is 0 Å². The smallest absolute Gasteiger partial charge is 0.177 e. The fourth-order valence-electron chi connectivity index (χ4n) is 1.49. The molecular weight excluding hydrogens is 170 g/mol. The molecule has 1 aromatic heterocycles. The molecule has 0 radical (unpaired) electrons. The summed E-state index contributed by atoms with van der Waals surface area (Å²) in [6.45, 7) is 2.60. The normalized spacial score (nSPS) is 23.4. The summed E-state index contributed by atoms with van der Waals surface area (Å²) in [4.78, 5) is 11.5. The minimum absolute atomic E-state index is 0.232. The number of nitrogens with one attached hydrogen (secondary N) is 1. The molecule has 2 rings (SSSR count). The first-order valence-corrected chi connectivity index (χ1v) is 5.03. The summed E-state index contributed by atoms with van der Waals surface area (Å²) in [6, 6.07) is 0.421. The average molecular weight is 181 g/mol. The van der Waals surface area contributed by atoms with Crippen LogP contribution in [0.2, 0.25) is 0 Å². The van der Waals surface area contributed by atoms with Gasteiger partial charge in [0.2, 0.25) is 0 Å². The van der Waals surface area contributed by atoms with E-state index in [0.717, 1.165) is 12.0 Å². The molecule has 2 heterocycles. The van der Waals surface area contributed by atoms with Crippen molar-refractivity contribution in [1.29, 1.82) is 0 Å². The van der Waals surface area contributed by atoms with Gasteiger partial charge in [0, 0.05) is 17.0 Å². The van der Waals surface area contributed by atoms with E-state index in [1.165, 1.54) is 5.56 Å². The first-order chi connectivity index (χ1) is 5.77. The molecule has 1 aliphatic heterocycles. The third-order valence-corrected chi connectivity index (χ3v) is 2.97. The molecule has 0 saturated heterocycles. The summed E-state index contributed by atoms with van der Waals surface area (Å²) < 4.78 is 0. The number of Topliss-reactive ketones (excluding diaryl/α,β-unsaturated/α-hetero) is 1. The molecule has 2 nitrogen and oxygen atoms in total. The SMILES string of the molecule is CC1Cc2cscc2C(=O)CN1. The Bertz CT molecular complexity index is 305. The fourth-order valence-corrected chi connectivity index (χ4v) is 2.36. The van der Waals surface area contributed by atoms with Crippen LogP contribution >= 0.6 is 11.3 Å². The molecule has 12 heavy (non-hydrogen) atoms. The van der Waals surface area contributed by atoms with E-state index in [9.17, 15) is 4.79 Å². The van der Waals surface area contributed by atoms with Gasteiger partial charge in [-0.2, -0.15) is 11.3 Å². The lowest BCUT2D eigenvalue weighted by molar-refractivity contribution is 0.0992. The number of hydrogen-bond acceptors (Lipinski definition) is 3. The summed E-state index contributed by atoms with van der Waals surface area (Å²) in [5.74, 6) is 0.232. The molecule has 0 aliphatic carbocycles. The Kier molecular flexibility index (Phi) is 1.98. The lowest BCUT2D eigenvalue weighted by Crippen LogP contribution is -2.29. The van der Waals surface area contributed by atoms with Crippen LogP contribution in [0.1, 0.15) is 22.8 Å². The predicted molar refractivity (Wildman–Crippen MR) is 49.8 cm³/mol. The summed E-state index contributed by atoms with van der Waals surface area (Å²) in [6.07, 6.45) is 0.977. The summed E-state index contributed by atoms with van der Waals surface area (Å²) in [5, 5.41) is 7.22. The molecule has 1 aliphatic rings. The zero-order chi connectivity index (χ0) is 8.55. The van der Waals surface area contributed by atoms with Crippen LogP contribution in [0.4, 0.5) is 0 Å². The minimum Gasteiger partial charge on any atom is -0.307 e. The molecule has 0 amide bonds. The summed E-state index contributed by atoms with van der Waals surface area (Å²) in [5.41, 5.74) is 2.14. The highest BCUT2D eigenvalue weighted by atomic mass is 32.1. The third-order valence-electron chi connectivity index (χ3n) is 2.18. The second-order valence-electron chi connectivity index (χ2n) is 3.22. The van der Waals surface area contributed by atoms with Crippen molar-refractivity contribution < 1.29 is 4.79 Å². The number of carbonyl (C=O) groups is 1. The van der Waals surface area contributed by atoms with Crippen LogP contribution in [-0.4, -0.2) is 18.4 Å². The van der Waals surface area contributed by atoms with Crippen LogP contribution in [0.15, 0.2) is 10.8 Å². The largest absolute Gasteiger partial charge is 0.307 e. The molecule has 0 aromatic carbocycles. The van der Waals surface area contributed by atoms with E-state index in [1.54, 1.807) is 11.3 Å². The lowest BCUT2D eigenvalue weighted by Gasteiger charge is -2.06. The Morgan fingerprint density at radius 1 is 1.58 bits per heavy atom. The van der Waals surface area contributed by atoms with Gasteiger partial charge >= 0.3 is 0 Å². The van der Waals surface area contributed by atoms with Crippen LogP contribution in [0, 0.1) is 0 Å². The van der Waals surface area contributed by atoms with Crippen LogP contribution in [0.25, 0.3) is 0 Å². The summed E-state index contributed by atoms with van der Waals surface area (Å²) >= 11 is 1.62. The molecule has 0 fully saturated rings. The maximum Gasteiger partial charge on any atom is 0.177 e. The molecule has 1 unspecified atom stereocenters. The highest BCUT2D eigenvalue weighted by Gasteiger charge is 2.18. The maximum absolute atomic E-state index is 11.5. The van der Waals surface area contributed by atoms with Crippen LogP contribution in [0.5, 0.6) is 0 Å². The van der Waals surface area contributed by atoms with Crippen molar-refractivity contribution in [3.05, 3.63) is 21.9 Å². The van der Waals surface area contributed by atoms with Gasteiger partial charge in [0.1, 0.15) is 0 Å². The van der Waals surface area contributed by atoms with Crippen molar-refractivity contribution in [3.63, 3.8) is 0 Å². The van der Waals surface area contributed by atoms with Crippen molar-refractivity contribution >= 4 is 17.1 Å². The number of hydrogen-bond donors (Lipinski definition) is 1. The van der Waals surface area contributed by atoms with Crippen molar-refractivity contribution in [2.75, 3.05) is 6.54 Å². The van der Waals surface area contributed by atoms with Gasteiger partial charge in [0.25, 0.3) is 0 Å².